The number of nitrogens with zero attached hydrogens (tertiary/aromatic N) is 1. The fourth-order valence-electron chi connectivity index (χ4n) is 8.12. The van der Waals surface area contributed by atoms with E-state index in [1.807, 2.05) is 11.0 Å². The molecule has 2 unspecified atom stereocenters. The summed E-state index contributed by atoms with van der Waals surface area (Å²) in [6.07, 6.45) is 38.5. The smallest absolute Gasteiger partial charge is 0.222 e. The van der Waals surface area contributed by atoms with Gasteiger partial charge in [-0.2, -0.15) is 0 Å². The van der Waals surface area contributed by atoms with E-state index in [4.69, 9.17) is 0 Å². The van der Waals surface area contributed by atoms with Crippen molar-refractivity contribution in [2.24, 2.45) is 5.92 Å². The minimum absolute atomic E-state index is 0.149. The minimum Gasteiger partial charge on any atom is -0.508 e. The van der Waals surface area contributed by atoms with Gasteiger partial charge in [-0.1, -0.05) is 193 Å². The Hall–Kier alpha value is -2.04. The molecule has 1 aliphatic rings. The lowest BCUT2D eigenvalue weighted by Gasteiger charge is -2.18. The van der Waals surface area contributed by atoms with Crippen LogP contribution in [0.5, 0.6) is 5.75 Å². The average molecular weight is 725 g/mol. The molecule has 300 valence electrons. The Labute approximate surface area is 322 Å². The van der Waals surface area contributed by atoms with Crippen molar-refractivity contribution in [2.75, 3.05) is 19.6 Å². The highest BCUT2D eigenvalue weighted by Gasteiger charge is 2.28. The van der Waals surface area contributed by atoms with E-state index in [1.165, 1.54) is 148 Å². The zero-order chi connectivity index (χ0) is 37.5. The topological polar surface area (TPSA) is 69.6 Å². The van der Waals surface area contributed by atoms with Gasteiger partial charge < -0.3 is 15.3 Å². The molecule has 1 aromatic carbocycles. The number of likely N-dealkylation sites (tertiary alicyclic amines) is 1. The number of amides is 2. The first-order chi connectivity index (χ1) is 25.4. The SMILES string of the molecule is CCCCCCCCCCCCCCCC(=O)N1CCC(c2cc(CCNC(=O)CCCCCCCCC(C)CCCCCCCC)ccc2O)C1. The fraction of sp³-hybridized carbons (Fsp3) is 0.830. The molecule has 0 radical (unpaired) electrons. The number of phenolic OH excluding ortho intramolecular Hbond substituents is 1. The predicted molar refractivity (Wildman–Crippen MR) is 223 cm³/mol. The van der Waals surface area contributed by atoms with Crippen molar-refractivity contribution in [3.63, 3.8) is 0 Å². The number of hydrogen-bond acceptors (Lipinski definition) is 3. The minimum atomic E-state index is 0.149. The predicted octanol–water partition coefficient (Wildman–Crippen LogP) is 13.4. The number of rotatable bonds is 34. The molecule has 1 aliphatic heterocycles. The van der Waals surface area contributed by atoms with E-state index in [-0.39, 0.29) is 17.7 Å². The lowest BCUT2D eigenvalue weighted by Crippen LogP contribution is -2.28. The monoisotopic (exact) mass is 725 g/mol. The van der Waals surface area contributed by atoms with Crippen molar-refractivity contribution < 1.29 is 14.7 Å². The summed E-state index contributed by atoms with van der Waals surface area (Å²) < 4.78 is 0. The van der Waals surface area contributed by atoms with Gasteiger partial charge in [-0.25, -0.2) is 0 Å². The van der Waals surface area contributed by atoms with Gasteiger partial charge in [0, 0.05) is 38.4 Å². The normalized spacial score (nSPS) is 15.0. The van der Waals surface area contributed by atoms with E-state index in [2.05, 4.69) is 32.2 Å². The molecular weight excluding hydrogens is 641 g/mol. The Kier molecular flexibility index (Phi) is 27.8. The summed E-state index contributed by atoms with van der Waals surface area (Å²) >= 11 is 0. The van der Waals surface area contributed by atoms with Crippen LogP contribution in [0.3, 0.4) is 0 Å². The number of unbranched alkanes of at least 4 members (excludes halogenated alkanes) is 22. The zero-order valence-corrected chi connectivity index (χ0v) is 34.6. The Balaban J connectivity index is 1.49. The first-order valence-corrected chi connectivity index (χ1v) is 22.8. The maximum atomic E-state index is 12.9. The third-order valence-electron chi connectivity index (χ3n) is 11.7. The maximum absolute atomic E-state index is 12.9. The van der Waals surface area contributed by atoms with Crippen LogP contribution in [0, 0.1) is 5.92 Å². The first kappa shape index (κ1) is 46.1. The molecule has 1 saturated heterocycles. The molecule has 1 aromatic rings. The third-order valence-corrected chi connectivity index (χ3v) is 11.7. The van der Waals surface area contributed by atoms with Gasteiger partial charge in [0.1, 0.15) is 5.75 Å². The number of aromatic hydroxyl groups is 1. The quantitative estimate of drug-likeness (QED) is 0.0695. The van der Waals surface area contributed by atoms with E-state index < -0.39 is 0 Å². The van der Waals surface area contributed by atoms with Crippen LogP contribution in [0.25, 0.3) is 0 Å². The summed E-state index contributed by atoms with van der Waals surface area (Å²) in [6.45, 7) is 9.08. The van der Waals surface area contributed by atoms with E-state index in [0.717, 1.165) is 62.1 Å². The molecular formula is C47H84N2O3. The summed E-state index contributed by atoms with van der Waals surface area (Å²) in [5.74, 6) is 1.80. The number of carbonyl (C=O) groups is 2. The molecule has 5 heteroatoms. The first-order valence-electron chi connectivity index (χ1n) is 22.8. The van der Waals surface area contributed by atoms with Gasteiger partial charge in [0.25, 0.3) is 0 Å². The molecule has 0 spiro atoms. The van der Waals surface area contributed by atoms with Gasteiger partial charge in [0.2, 0.25) is 11.8 Å². The molecule has 1 fully saturated rings. The standard InChI is InChI=1S/C47H84N2O3/c1-4-6-8-10-12-13-14-15-16-17-18-24-28-32-47(52)49-38-36-43(40-49)44-39-42(33-34-45(44)50)35-37-48-46(51)31-27-23-20-19-22-26-30-41(3)29-25-21-11-9-7-5-2/h33-34,39,41,43,50H,4-32,35-38,40H2,1-3H3,(H,48,51). The molecule has 52 heavy (non-hydrogen) atoms. The van der Waals surface area contributed by atoms with Crippen LogP contribution in [-0.4, -0.2) is 41.5 Å². The molecule has 0 aliphatic carbocycles. The van der Waals surface area contributed by atoms with Crippen LogP contribution in [-0.2, 0) is 16.0 Å². The van der Waals surface area contributed by atoms with Gasteiger partial charge in [0.05, 0.1) is 0 Å². The van der Waals surface area contributed by atoms with E-state index in [9.17, 15) is 14.7 Å². The third kappa shape index (κ3) is 22.9. The Morgan fingerprint density at radius 2 is 1.17 bits per heavy atom. The molecule has 1 heterocycles. The van der Waals surface area contributed by atoms with Crippen molar-refractivity contribution in [2.45, 2.75) is 226 Å². The van der Waals surface area contributed by atoms with Gasteiger partial charge in [-0.15, -0.1) is 0 Å². The molecule has 5 nitrogen and oxygen atoms in total. The second-order valence-corrected chi connectivity index (χ2v) is 16.6. The number of phenols is 1. The summed E-state index contributed by atoms with van der Waals surface area (Å²) in [7, 11) is 0. The van der Waals surface area contributed by atoms with Crippen molar-refractivity contribution in [1.29, 1.82) is 0 Å². The maximum Gasteiger partial charge on any atom is 0.222 e. The van der Waals surface area contributed by atoms with Crippen LogP contribution >= 0.6 is 0 Å². The molecule has 2 N–H and O–H groups in total. The van der Waals surface area contributed by atoms with Crippen molar-refractivity contribution in [3.8, 4) is 5.75 Å². The number of hydrogen-bond donors (Lipinski definition) is 2. The molecule has 2 rings (SSSR count). The van der Waals surface area contributed by atoms with Crippen LogP contribution < -0.4 is 5.32 Å². The fourth-order valence-corrected chi connectivity index (χ4v) is 8.12. The number of carbonyl (C=O) groups excluding carboxylic acids is 2. The van der Waals surface area contributed by atoms with E-state index in [1.54, 1.807) is 6.07 Å². The van der Waals surface area contributed by atoms with E-state index >= 15 is 0 Å². The van der Waals surface area contributed by atoms with Crippen LogP contribution in [0.15, 0.2) is 18.2 Å². The Morgan fingerprint density at radius 1 is 0.692 bits per heavy atom. The molecule has 2 atom stereocenters. The lowest BCUT2D eigenvalue weighted by atomic mass is 9.94. The Bertz CT molecular complexity index is 1030. The van der Waals surface area contributed by atoms with Gasteiger partial charge in [-0.3, -0.25) is 9.59 Å². The van der Waals surface area contributed by atoms with E-state index in [0.29, 0.717) is 31.7 Å². The van der Waals surface area contributed by atoms with Crippen molar-refractivity contribution in [1.82, 2.24) is 10.2 Å². The second-order valence-electron chi connectivity index (χ2n) is 16.6. The van der Waals surface area contributed by atoms with Gasteiger partial charge in [-0.05, 0) is 48.8 Å². The highest BCUT2D eigenvalue weighted by atomic mass is 16.3. The van der Waals surface area contributed by atoms with Crippen LogP contribution in [0.4, 0.5) is 0 Å². The van der Waals surface area contributed by atoms with Crippen molar-refractivity contribution >= 4 is 11.8 Å². The van der Waals surface area contributed by atoms with Gasteiger partial charge >= 0.3 is 0 Å². The van der Waals surface area contributed by atoms with Crippen molar-refractivity contribution in [3.05, 3.63) is 29.3 Å². The summed E-state index contributed by atoms with van der Waals surface area (Å²) in [4.78, 5) is 27.4. The summed E-state index contributed by atoms with van der Waals surface area (Å²) in [5.41, 5.74) is 2.08. The van der Waals surface area contributed by atoms with Crippen LogP contribution in [0.2, 0.25) is 0 Å². The molecule has 0 saturated carbocycles. The second kappa shape index (κ2) is 31.3. The molecule has 2 amide bonds. The average Bonchev–Trinajstić information content (AvgIpc) is 3.64. The summed E-state index contributed by atoms with van der Waals surface area (Å²) in [6, 6.07) is 5.86. The number of benzene rings is 1. The van der Waals surface area contributed by atoms with Crippen LogP contribution in [0.1, 0.15) is 230 Å². The summed E-state index contributed by atoms with van der Waals surface area (Å²) in [5, 5.41) is 13.8. The largest absolute Gasteiger partial charge is 0.508 e. The molecule has 0 bridgehead atoms. The highest BCUT2D eigenvalue weighted by Crippen LogP contribution is 2.34. The highest BCUT2D eigenvalue weighted by molar-refractivity contribution is 5.76. The lowest BCUT2D eigenvalue weighted by molar-refractivity contribution is -0.130. The Morgan fingerprint density at radius 3 is 1.71 bits per heavy atom. The zero-order valence-electron chi connectivity index (χ0n) is 34.6. The number of nitrogens with one attached hydrogen (secondary N) is 1. The van der Waals surface area contributed by atoms with Gasteiger partial charge in [0.15, 0.2) is 0 Å². The molecule has 0 aromatic heterocycles.